The average molecular weight is 168 g/mol. The summed E-state index contributed by atoms with van der Waals surface area (Å²) in [6.45, 7) is 6.30. The Balaban J connectivity index is 1.81. The number of hydrogen-bond donors (Lipinski definition) is 0. The number of amides is 1. The van der Waals surface area contributed by atoms with E-state index in [2.05, 4.69) is 11.9 Å². The van der Waals surface area contributed by atoms with Crippen molar-refractivity contribution in [3.63, 3.8) is 0 Å². The molecule has 68 valence electrons. The molecule has 2 aliphatic heterocycles. The molecule has 2 aliphatic rings. The third-order valence-corrected chi connectivity index (χ3v) is 2.92. The summed E-state index contributed by atoms with van der Waals surface area (Å²) in [5.41, 5.74) is 0.500. The zero-order valence-electron chi connectivity index (χ0n) is 7.84. The van der Waals surface area contributed by atoms with E-state index in [9.17, 15) is 4.79 Å². The van der Waals surface area contributed by atoms with Crippen LogP contribution in [0.15, 0.2) is 0 Å². The molecule has 0 radical (unpaired) electrons. The lowest BCUT2D eigenvalue weighted by molar-refractivity contribution is -0.156. The molecular weight excluding hydrogens is 152 g/mol. The number of carbonyl (C=O) groups is 1. The van der Waals surface area contributed by atoms with E-state index >= 15 is 0 Å². The van der Waals surface area contributed by atoms with Gasteiger partial charge in [-0.15, -0.1) is 0 Å². The normalized spacial score (nSPS) is 26.7. The number of rotatable bonds is 1. The summed E-state index contributed by atoms with van der Waals surface area (Å²) in [5.74, 6) is 0.315. The molecule has 0 aromatic carbocycles. The van der Waals surface area contributed by atoms with E-state index < -0.39 is 0 Å². The minimum Gasteiger partial charge on any atom is -0.341 e. The van der Waals surface area contributed by atoms with E-state index in [0.717, 1.165) is 13.1 Å². The summed E-state index contributed by atoms with van der Waals surface area (Å²) in [6.07, 6.45) is 0.659. The van der Waals surface area contributed by atoms with Crippen LogP contribution in [0.2, 0.25) is 0 Å². The van der Waals surface area contributed by atoms with Crippen molar-refractivity contribution in [3.05, 3.63) is 0 Å². The van der Waals surface area contributed by atoms with Gasteiger partial charge in [-0.2, -0.15) is 0 Å². The Morgan fingerprint density at radius 2 is 1.92 bits per heavy atom. The lowest BCUT2D eigenvalue weighted by Crippen LogP contribution is -2.71. The predicted octanol–water partition coefficient (Wildman–Crippen LogP) is 0.170. The van der Waals surface area contributed by atoms with Crippen molar-refractivity contribution < 1.29 is 4.79 Å². The molecule has 2 rings (SSSR count). The Labute approximate surface area is 73.3 Å². The van der Waals surface area contributed by atoms with Crippen molar-refractivity contribution in [2.24, 2.45) is 5.41 Å². The molecule has 2 fully saturated rings. The van der Waals surface area contributed by atoms with Gasteiger partial charge in [0.1, 0.15) is 0 Å². The second-order valence-electron chi connectivity index (χ2n) is 4.28. The molecule has 2 saturated heterocycles. The van der Waals surface area contributed by atoms with Crippen LogP contribution < -0.4 is 0 Å². The van der Waals surface area contributed by atoms with Gasteiger partial charge in [0, 0.05) is 38.0 Å². The van der Waals surface area contributed by atoms with Crippen LogP contribution in [0.5, 0.6) is 0 Å². The second-order valence-corrected chi connectivity index (χ2v) is 4.28. The molecule has 3 heteroatoms. The fourth-order valence-electron chi connectivity index (χ4n) is 2.46. The zero-order valence-corrected chi connectivity index (χ0v) is 7.84. The summed E-state index contributed by atoms with van der Waals surface area (Å²) in [5, 5.41) is 0. The van der Waals surface area contributed by atoms with Gasteiger partial charge in [-0.1, -0.05) is 6.92 Å². The maximum atomic E-state index is 11.2. The van der Waals surface area contributed by atoms with E-state index in [1.54, 1.807) is 0 Å². The lowest BCUT2D eigenvalue weighted by atomic mass is 9.73. The Hall–Kier alpha value is -0.570. The fraction of sp³-hybridized carbons (Fsp3) is 0.889. The topological polar surface area (TPSA) is 23.6 Å². The summed E-state index contributed by atoms with van der Waals surface area (Å²) < 4.78 is 0. The molecule has 0 unspecified atom stereocenters. The number of nitrogens with zero attached hydrogens (tertiary/aromatic N) is 2. The first-order valence-corrected chi connectivity index (χ1v) is 4.61. The minimum absolute atomic E-state index is 0.315. The number of carbonyl (C=O) groups excluding carboxylic acids is 1. The average Bonchev–Trinajstić information content (AvgIpc) is 1.92. The van der Waals surface area contributed by atoms with Gasteiger partial charge in [0.2, 0.25) is 5.91 Å². The van der Waals surface area contributed by atoms with Crippen molar-refractivity contribution in [2.45, 2.75) is 13.3 Å². The fourth-order valence-corrected chi connectivity index (χ4v) is 2.46. The van der Waals surface area contributed by atoms with Gasteiger partial charge < -0.3 is 9.80 Å². The number of hydrogen-bond acceptors (Lipinski definition) is 2. The molecule has 0 bridgehead atoms. The van der Waals surface area contributed by atoms with Gasteiger partial charge in [-0.25, -0.2) is 0 Å². The first kappa shape index (κ1) is 8.05. The molecule has 2 heterocycles. The van der Waals surface area contributed by atoms with E-state index in [1.807, 2.05) is 11.8 Å². The van der Waals surface area contributed by atoms with Gasteiger partial charge in [0.05, 0.1) is 0 Å². The first-order valence-electron chi connectivity index (χ1n) is 4.61. The van der Waals surface area contributed by atoms with Gasteiger partial charge >= 0.3 is 0 Å². The van der Waals surface area contributed by atoms with Crippen LogP contribution in [0.25, 0.3) is 0 Å². The molecule has 1 amide bonds. The Bertz CT molecular complexity index is 201. The summed E-state index contributed by atoms with van der Waals surface area (Å²) in [6, 6.07) is 0. The van der Waals surface area contributed by atoms with Crippen molar-refractivity contribution in [1.82, 2.24) is 9.80 Å². The third-order valence-electron chi connectivity index (χ3n) is 2.92. The Morgan fingerprint density at radius 1 is 1.33 bits per heavy atom. The summed E-state index contributed by atoms with van der Waals surface area (Å²) in [4.78, 5) is 15.5. The van der Waals surface area contributed by atoms with E-state index in [-0.39, 0.29) is 0 Å². The SMILES string of the molecule is CCC(=O)N1CC2(CN(C)C2)C1. The third kappa shape index (κ3) is 1.04. The van der Waals surface area contributed by atoms with Crippen LogP contribution in [0.1, 0.15) is 13.3 Å². The van der Waals surface area contributed by atoms with Crippen LogP contribution >= 0.6 is 0 Å². The van der Waals surface area contributed by atoms with Gasteiger partial charge in [0.25, 0.3) is 0 Å². The molecule has 0 N–H and O–H groups in total. The van der Waals surface area contributed by atoms with Crippen molar-refractivity contribution in [2.75, 3.05) is 33.2 Å². The highest BCUT2D eigenvalue weighted by molar-refractivity contribution is 5.77. The zero-order chi connectivity index (χ0) is 8.77. The summed E-state index contributed by atoms with van der Waals surface area (Å²) >= 11 is 0. The second kappa shape index (κ2) is 2.46. The van der Waals surface area contributed by atoms with E-state index in [0.29, 0.717) is 17.7 Å². The minimum atomic E-state index is 0.315. The maximum absolute atomic E-state index is 11.2. The molecule has 0 aromatic heterocycles. The molecular formula is C9H16N2O. The number of likely N-dealkylation sites (tertiary alicyclic amines) is 2. The highest BCUT2D eigenvalue weighted by Gasteiger charge is 2.51. The molecule has 0 aromatic rings. The highest BCUT2D eigenvalue weighted by Crippen LogP contribution is 2.38. The monoisotopic (exact) mass is 168 g/mol. The van der Waals surface area contributed by atoms with E-state index in [4.69, 9.17) is 0 Å². The predicted molar refractivity (Wildman–Crippen MR) is 46.8 cm³/mol. The standard InChI is InChI=1S/C9H16N2O/c1-3-8(12)11-6-9(7-11)4-10(2)5-9/h3-7H2,1-2H3. The molecule has 12 heavy (non-hydrogen) atoms. The van der Waals surface area contributed by atoms with Gasteiger partial charge in [-0.3, -0.25) is 4.79 Å². The molecule has 0 atom stereocenters. The van der Waals surface area contributed by atoms with Crippen LogP contribution in [-0.4, -0.2) is 48.9 Å². The Morgan fingerprint density at radius 3 is 2.33 bits per heavy atom. The quantitative estimate of drug-likeness (QED) is 0.557. The van der Waals surface area contributed by atoms with Crippen LogP contribution in [0, 0.1) is 5.41 Å². The Kier molecular flexibility index (Phi) is 1.65. The lowest BCUT2D eigenvalue weighted by Gasteiger charge is -2.59. The summed E-state index contributed by atoms with van der Waals surface area (Å²) in [7, 11) is 2.13. The van der Waals surface area contributed by atoms with Gasteiger partial charge in [0.15, 0.2) is 0 Å². The van der Waals surface area contributed by atoms with Crippen LogP contribution in [-0.2, 0) is 4.79 Å². The van der Waals surface area contributed by atoms with Crippen molar-refractivity contribution in [3.8, 4) is 0 Å². The van der Waals surface area contributed by atoms with Crippen LogP contribution in [0.4, 0.5) is 0 Å². The van der Waals surface area contributed by atoms with Crippen molar-refractivity contribution in [1.29, 1.82) is 0 Å². The van der Waals surface area contributed by atoms with Crippen LogP contribution in [0.3, 0.4) is 0 Å². The van der Waals surface area contributed by atoms with E-state index in [1.165, 1.54) is 13.1 Å². The molecule has 3 nitrogen and oxygen atoms in total. The first-order chi connectivity index (χ1) is 5.65. The smallest absolute Gasteiger partial charge is 0.222 e. The largest absolute Gasteiger partial charge is 0.341 e. The molecule has 0 saturated carbocycles. The molecule has 0 aliphatic carbocycles. The molecule has 1 spiro atoms. The van der Waals surface area contributed by atoms with Gasteiger partial charge in [-0.05, 0) is 7.05 Å². The van der Waals surface area contributed by atoms with Crippen molar-refractivity contribution >= 4 is 5.91 Å². The maximum Gasteiger partial charge on any atom is 0.222 e. The highest BCUT2D eigenvalue weighted by atomic mass is 16.2.